The maximum atomic E-state index is 14.1. The third-order valence-electron chi connectivity index (χ3n) is 11.7. The number of benzene rings is 1. The molecule has 1 aromatic carbocycles. The molecule has 0 radical (unpaired) electrons. The third-order valence-corrected chi connectivity index (χ3v) is 12.7. The summed E-state index contributed by atoms with van der Waals surface area (Å²) in [5.74, 6) is -2.83. The van der Waals surface area contributed by atoms with E-state index in [9.17, 15) is 19.5 Å². The van der Waals surface area contributed by atoms with E-state index in [1.807, 2.05) is 26.8 Å². The van der Waals surface area contributed by atoms with Crippen LogP contribution in [0.3, 0.4) is 0 Å². The number of fused-ring (bicyclic) bond motifs is 5. The second-order valence-corrected chi connectivity index (χ2v) is 20.4. The van der Waals surface area contributed by atoms with E-state index in [1.54, 1.807) is 24.3 Å². The van der Waals surface area contributed by atoms with Crippen molar-refractivity contribution < 1.29 is 42.9 Å². The van der Waals surface area contributed by atoms with Crippen LogP contribution in [0, 0.1) is 28.6 Å². The minimum atomic E-state index is -2.15. The van der Waals surface area contributed by atoms with E-state index in [0.717, 1.165) is 11.1 Å². The van der Waals surface area contributed by atoms with Crippen LogP contribution in [0.15, 0.2) is 41.5 Å². The van der Waals surface area contributed by atoms with Crippen molar-refractivity contribution in [1.29, 1.82) is 0 Å². The Bertz CT molecular complexity index is 1420. The Morgan fingerprint density at radius 3 is 2.11 bits per heavy atom. The lowest BCUT2D eigenvalue weighted by atomic mass is 9.42. The first-order chi connectivity index (χ1) is 21.2. The Labute approximate surface area is 274 Å². The Balaban J connectivity index is 1.86. The summed E-state index contributed by atoms with van der Waals surface area (Å²) in [6.45, 7) is 21.3. The Hall–Kier alpha value is -2.53. The highest BCUT2D eigenvalue weighted by atomic mass is 28.4. The standard InChI is InChI=1S/C36H52O9Si/c1-20-17-27-35(19-41-27,44-24(5)38)29-31(43-32(39)25-15-13-12-14-16-25)36(40)18-26(45-46(9,10)11)21(2)28(33(36,6)7)22(3)30(34(20,29)8)42-23(4)37/h12-16,20,22,26-27,29-31,40H,17-19H2,1-11H3. The van der Waals surface area contributed by atoms with Gasteiger partial charge < -0.3 is 28.5 Å². The zero-order chi connectivity index (χ0) is 34.2. The minimum absolute atomic E-state index is 0.0673. The van der Waals surface area contributed by atoms with Crippen LogP contribution in [0.4, 0.5) is 0 Å². The van der Waals surface area contributed by atoms with Crippen LogP contribution in [0.1, 0.15) is 78.6 Å². The fourth-order valence-electron chi connectivity index (χ4n) is 9.64. The third kappa shape index (κ3) is 5.27. The number of hydrogen-bond acceptors (Lipinski definition) is 9. The lowest BCUT2D eigenvalue weighted by Gasteiger charge is -2.70. The summed E-state index contributed by atoms with van der Waals surface area (Å²) in [5, 5.41) is 13.5. The topological polar surface area (TPSA) is 118 Å². The molecule has 254 valence electrons. The molecule has 10 atom stereocenters. The fourth-order valence-corrected chi connectivity index (χ4v) is 10.8. The molecule has 9 nitrogen and oxygen atoms in total. The van der Waals surface area contributed by atoms with Gasteiger partial charge in [0.15, 0.2) is 13.9 Å². The van der Waals surface area contributed by atoms with Crippen LogP contribution in [0.25, 0.3) is 0 Å². The Morgan fingerprint density at radius 2 is 1.59 bits per heavy atom. The van der Waals surface area contributed by atoms with Crippen LogP contribution in [-0.2, 0) is 33.0 Å². The summed E-state index contributed by atoms with van der Waals surface area (Å²) in [6.07, 6.45) is -2.17. The maximum absolute atomic E-state index is 14.1. The van der Waals surface area contributed by atoms with Gasteiger partial charge >= 0.3 is 17.9 Å². The molecule has 1 saturated heterocycles. The van der Waals surface area contributed by atoms with Gasteiger partial charge in [0.2, 0.25) is 0 Å². The average Bonchev–Trinajstić information content (AvgIpc) is 2.93. The zero-order valence-corrected chi connectivity index (χ0v) is 30.3. The summed E-state index contributed by atoms with van der Waals surface area (Å²) in [7, 11) is -2.15. The van der Waals surface area contributed by atoms with Crippen LogP contribution in [0.2, 0.25) is 19.6 Å². The SMILES string of the molecule is CC(=O)OC1C(C)C2=C(C)C(O[Si](C)(C)C)CC(O)(C(OC(=O)c3ccccc3)C3C4(OC(C)=O)COC4CC(C)C13C)C2(C)C. The normalized spacial score (nSPS) is 39.9. The van der Waals surface area contributed by atoms with Crippen LogP contribution >= 0.6 is 0 Å². The van der Waals surface area contributed by atoms with Crippen LogP contribution in [0.5, 0.6) is 0 Å². The summed E-state index contributed by atoms with van der Waals surface area (Å²) in [6, 6.07) is 8.70. The van der Waals surface area contributed by atoms with E-state index < -0.39 is 78.6 Å². The number of carbonyl (C=O) groups excluding carboxylic acids is 3. The van der Waals surface area contributed by atoms with Gasteiger partial charge in [-0.05, 0) is 56.6 Å². The van der Waals surface area contributed by atoms with Gasteiger partial charge in [-0.15, -0.1) is 0 Å². The molecule has 1 aliphatic heterocycles. The molecule has 0 aromatic heterocycles. The lowest BCUT2D eigenvalue weighted by molar-refractivity contribution is -0.357. The molecule has 0 spiro atoms. The molecule has 3 fully saturated rings. The molecule has 10 heteroatoms. The number of ether oxygens (including phenoxy) is 4. The van der Waals surface area contributed by atoms with Crippen molar-refractivity contribution in [3.63, 3.8) is 0 Å². The molecule has 46 heavy (non-hydrogen) atoms. The highest BCUT2D eigenvalue weighted by molar-refractivity contribution is 6.69. The first-order valence-electron chi connectivity index (χ1n) is 16.6. The van der Waals surface area contributed by atoms with Crippen molar-refractivity contribution >= 4 is 26.2 Å². The maximum Gasteiger partial charge on any atom is 0.338 e. The number of hydrogen-bond donors (Lipinski definition) is 1. The summed E-state index contributed by atoms with van der Waals surface area (Å²) >= 11 is 0. The molecular weight excluding hydrogens is 604 g/mol. The highest BCUT2D eigenvalue weighted by Gasteiger charge is 2.77. The van der Waals surface area contributed by atoms with Crippen molar-refractivity contribution in [3.05, 3.63) is 47.0 Å². The molecule has 2 saturated carbocycles. The van der Waals surface area contributed by atoms with Crippen LogP contribution < -0.4 is 0 Å². The number of aliphatic hydroxyl groups is 1. The van der Waals surface area contributed by atoms with E-state index in [0.29, 0.717) is 12.0 Å². The fraction of sp³-hybridized carbons (Fsp3) is 0.694. The molecule has 1 aromatic rings. The van der Waals surface area contributed by atoms with Crippen LogP contribution in [-0.4, -0.2) is 73.6 Å². The monoisotopic (exact) mass is 656 g/mol. The minimum Gasteiger partial charge on any atom is -0.461 e. The molecule has 4 aliphatic rings. The number of rotatable bonds is 6. The van der Waals surface area contributed by atoms with E-state index in [2.05, 4.69) is 40.4 Å². The van der Waals surface area contributed by atoms with E-state index in [1.165, 1.54) is 13.8 Å². The van der Waals surface area contributed by atoms with Gasteiger partial charge in [0.05, 0.1) is 24.2 Å². The second-order valence-electron chi connectivity index (χ2n) is 15.9. The average molecular weight is 657 g/mol. The smallest absolute Gasteiger partial charge is 0.338 e. The molecule has 10 unspecified atom stereocenters. The summed E-state index contributed by atoms with van der Waals surface area (Å²) < 4.78 is 32.2. The Morgan fingerprint density at radius 1 is 0.957 bits per heavy atom. The molecule has 0 amide bonds. The second kappa shape index (κ2) is 11.6. The van der Waals surface area contributed by atoms with Gasteiger partial charge in [-0.2, -0.15) is 0 Å². The van der Waals surface area contributed by atoms with Gasteiger partial charge in [-0.1, -0.05) is 58.4 Å². The number of esters is 3. The van der Waals surface area contributed by atoms with Crippen molar-refractivity contribution in [2.45, 2.75) is 123 Å². The van der Waals surface area contributed by atoms with Crippen molar-refractivity contribution in [1.82, 2.24) is 0 Å². The first-order valence-corrected chi connectivity index (χ1v) is 20.0. The van der Waals surface area contributed by atoms with Crippen molar-refractivity contribution in [2.24, 2.45) is 28.6 Å². The highest BCUT2D eigenvalue weighted by Crippen LogP contribution is 2.67. The van der Waals surface area contributed by atoms with E-state index >= 15 is 0 Å². The molecule has 1 N–H and O–H groups in total. The molecule has 5 rings (SSSR count). The molecule has 2 bridgehead atoms. The largest absolute Gasteiger partial charge is 0.461 e. The predicted molar refractivity (Wildman–Crippen MR) is 174 cm³/mol. The van der Waals surface area contributed by atoms with Gasteiger partial charge in [0.1, 0.15) is 23.9 Å². The molecule has 3 aliphatic carbocycles. The van der Waals surface area contributed by atoms with Gasteiger partial charge in [-0.3, -0.25) is 9.59 Å². The number of carbonyl (C=O) groups is 3. The van der Waals surface area contributed by atoms with Crippen molar-refractivity contribution in [3.8, 4) is 0 Å². The zero-order valence-electron chi connectivity index (χ0n) is 29.3. The first kappa shape index (κ1) is 34.8. The van der Waals surface area contributed by atoms with Crippen molar-refractivity contribution in [2.75, 3.05) is 6.61 Å². The summed E-state index contributed by atoms with van der Waals surface area (Å²) in [5.41, 5.74) is -2.55. The lowest BCUT2D eigenvalue weighted by Crippen LogP contribution is -2.81. The quantitative estimate of drug-likeness (QED) is 0.174. The predicted octanol–water partition coefficient (Wildman–Crippen LogP) is 5.85. The van der Waals surface area contributed by atoms with Gasteiger partial charge in [0, 0.05) is 37.0 Å². The van der Waals surface area contributed by atoms with E-state index in [-0.39, 0.29) is 24.9 Å². The van der Waals surface area contributed by atoms with E-state index in [4.69, 9.17) is 23.4 Å². The molecule has 1 heterocycles. The Kier molecular flexibility index (Phi) is 8.75. The van der Waals surface area contributed by atoms with Gasteiger partial charge in [0.25, 0.3) is 0 Å². The molecular formula is C36H52O9Si. The summed E-state index contributed by atoms with van der Waals surface area (Å²) in [4.78, 5) is 40.0. The van der Waals surface area contributed by atoms with Gasteiger partial charge in [-0.25, -0.2) is 4.79 Å².